The molecule has 0 unspecified atom stereocenters. The molecule has 5 aromatic rings. The van der Waals surface area contributed by atoms with Crippen LogP contribution in [0.25, 0.3) is 32.6 Å². The van der Waals surface area contributed by atoms with E-state index in [1.807, 2.05) is 54.6 Å². The Morgan fingerprint density at radius 1 is 0.759 bits per heavy atom. The molecular weight excluding hydrogens is 446 g/mol. The minimum atomic E-state index is 0.0366. The molecular formula is C23H14BrN3OS. The van der Waals surface area contributed by atoms with Crippen LogP contribution in [0.3, 0.4) is 0 Å². The normalized spacial score (nSPS) is 11.3. The zero-order valence-electron chi connectivity index (χ0n) is 15.2. The van der Waals surface area contributed by atoms with Crippen molar-refractivity contribution in [1.82, 2.24) is 15.2 Å². The highest BCUT2D eigenvalue weighted by Crippen LogP contribution is 2.33. The van der Waals surface area contributed by atoms with Crippen LogP contribution in [0.2, 0.25) is 0 Å². The molecule has 4 nitrogen and oxygen atoms in total. The molecule has 0 N–H and O–H groups in total. The molecule has 0 saturated heterocycles. The Bertz CT molecular complexity index is 1350. The number of benzene rings is 4. The zero-order chi connectivity index (χ0) is 19.8. The highest BCUT2D eigenvalue weighted by atomic mass is 79.9. The number of halogens is 1. The third-order valence-electron chi connectivity index (χ3n) is 4.82. The van der Waals surface area contributed by atoms with Gasteiger partial charge in [0.2, 0.25) is 5.16 Å². The minimum Gasteiger partial charge on any atom is -0.293 e. The molecule has 0 atom stereocenters. The number of carbonyl (C=O) groups is 1. The Morgan fingerprint density at radius 3 is 2.00 bits per heavy atom. The van der Waals surface area contributed by atoms with E-state index < -0.39 is 0 Å². The standard InChI is InChI=1S/C23H14BrN3OS/c24-15-11-9-14(10-12-15)20(28)13-29-23-25-21-18-7-3-1-5-16(18)17-6-2-4-8-19(17)22(21)26-27-23/h1-12H,13H2. The van der Waals surface area contributed by atoms with Crippen LogP contribution in [0.1, 0.15) is 10.4 Å². The van der Waals surface area contributed by atoms with Crippen molar-refractivity contribution in [1.29, 1.82) is 0 Å². The maximum absolute atomic E-state index is 12.5. The van der Waals surface area contributed by atoms with Crippen LogP contribution in [0, 0.1) is 0 Å². The summed E-state index contributed by atoms with van der Waals surface area (Å²) in [6.07, 6.45) is 0. The first-order chi connectivity index (χ1) is 14.2. The first-order valence-electron chi connectivity index (χ1n) is 9.06. The largest absolute Gasteiger partial charge is 0.293 e. The third kappa shape index (κ3) is 3.39. The van der Waals surface area contributed by atoms with E-state index in [0.29, 0.717) is 10.7 Å². The maximum Gasteiger partial charge on any atom is 0.210 e. The van der Waals surface area contributed by atoms with E-state index in [9.17, 15) is 4.79 Å². The lowest BCUT2D eigenvalue weighted by Crippen LogP contribution is -2.03. The van der Waals surface area contributed by atoms with Crippen molar-refractivity contribution in [2.24, 2.45) is 0 Å². The number of nitrogens with zero attached hydrogens (tertiary/aromatic N) is 3. The Hall–Kier alpha value is -2.83. The van der Waals surface area contributed by atoms with Crippen LogP contribution in [-0.4, -0.2) is 26.7 Å². The van der Waals surface area contributed by atoms with Crippen LogP contribution >= 0.6 is 27.7 Å². The number of carbonyl (C=O) groups excluding carboxylic acids is 1. The van der Waals surface area contributed by atoms with Crippen molar-refractivity contribution in [2.75, 3.05) is 5.75 Å². The summed E-state index contributed by atoms with van der Waals surface area (Å²) in [5.74, 6) is 0.301. The molecule has 0 aliphatic heterocycles. The summed E-state index contributed by atoms with van der Waals surface area (Å²) >= 11 is 4.70. The first kappa shape index (κ1) is 18.2. The molecule has 6 heteroatoms. The number of rotatable bonds is 4. The fraction of sp³-hybridized carbons (Fsp3) is 0.0435. The van der Waals surface area contributed by atoms with Gasteiger partial charge in [-0.1, -0.05) is 88.4 Å². The molecule has 0 radical (unpaired) electrons. The second-order valence-electron chi connectivity index (χ2n) is 6.60. The molecule has 0 spiro atoms. The van der Waals surface area contributed by atoms with E-state index in [2.05, 4.69) is 44.3 Å². The molecule has 0 fully saturated rings. The lowest BCUT2D eigenvalue weighted by molar-refractivity contribution is 0.102. The topological polar surface area (TPSA) is 55.7 Å². The summed E-state index contributed by atoms with van der Waals surface area (Å²) in [5.41, 5.74) is 2.27. The Morgan fingerprint density at radius 2 is 1.34 bits per heavy atom. The Labute approximate surface area is 179 Å². The third-order valence-corrected chi connectivity index (χ3v) is 6.19. The second kappa shape index (κ2) is 7.54. The fourth-order valence-electron chi connectivity index (χ4n) is 3.44. The predicted molar refractivity (Wildman–Crippen MR) is 122 cm³/mol. The van der Waals surface area contributed by atoms with Gasteiger partial charge in [-0.2, -0.15) is 0 Å². The molecule has 0 amide bonds. The minimum absolute atomic E-state index is 0.0366. The highest BCUT2D eigenvalue weighted by Gasteiger charge is 2.13. The number of thioether (sulfide) groups is 1. The highest BCUT2D eigenvalue weighted by molar-refractivity contribution is 9.10. The van der Waals surface area contributed by atoms with Crippen molar-refractivity contribution in [2.45, 2.75) is 5.16 Å². The van der Waals surface area contributed by atoms with Crippen LogP contribution in [-0.2, 0) is 0 Å². The monoisotopic (exact) mass is 459 g/mol. The molecule has 0 aliphatic carbocycles. The van der Waals surface area contributed by atoms with Crippen molar-refractivity contribution < 1.29 is 4.79 Å². The van der Waals surface area contributed by atoms with E-state index >= 15 is 0 Å². The molecule has 4 aromatic carbocycles. The molecule has 0 aliphatic rings. The molecule has 0 bridgehead atoms. The quantitative estimate of drug-likeness (QED) is 0.185. The van der Waals surface area contributed by atoms with Crippen LogP contribution in [0.4, 0.5) is 0 Å². The molecule has 5 rings (SSSR count). The molecule has 140 valence electrons. The predicted octanol–water partition coefficient (Wildman–Crippen LogP) is 6.07. The molecule has 0 saturated carbocycles. The van der Waals surface area contributed by atoms with E-state index in [0.717, 1.165) is 37.1 Å². The van der Waals surface area contributed by atoms with E-state index in [-0.39, 0.29) is 11.5 Å². The van der Waals surface area contributed by atoms with E-state index in [1.54, 1.807) is 0 Å². The number of hydrogen-bond acceptors (Lipinski definition) is 5. The Kier molecular flexibility index (Phi) is 4.73. The summed E-state index contributed by atoms with van der Waals surface area (Å²) in [6, 6.07) is 23.7. The van der Waals surface area contributed by atoms with Gasteiger partial charge in [-0.3, -0.25) is 4.79 Å². The number of ketones is 1. The lowest BCUT2D eigenvalue weighted by atomic mass is 10.00. The van der Waals surface area contributed by atoms with Gasteiger partial charge in [0, 0.05) is 20.8 Å². The first-order valence-corrected chi connectivity index (χ1v) is 10.8. The van der Waals surface area contributed by atoms with Gasteiger partial charge in [0.25, 0.3) is 0 Å². The zero-order valence-corrected chi connectivity index (χ0v) is 17.6. The fourth-order valence-corrected chi connectivity index (χ4v) is 4.39. The van der Waals surface area contributed by atoms with Crippen molar-refractivity contribution >= 4 is 66.1 Å². The van der Waals surface area contributed by atoms with Gasteiger partial charge >= 0.3 is 0 Å². The van der Waals surface area contributed by atoms with E-state index in [4.69, 9.17) is 4.98 Å². The number of aromatic nitrogens is 3. The maximum atomic E-state index is 12.5. The molecule has 29 heavy (non-hydrogen) atoms. The van der Waals surface area contributed by atoms with Gasteiger partial charge in [-0.25, -0.2) is 4.98 Å². The average Bonchev–Trinajstić information content (AvgIpc) is 2.78. The summed E-state index contributed by atoms with van der Waals surface area (Å²) in [4.78, 5) is 17.2. The number of hydrogen-bond donors (Lipinski definition) is 0. The van der Waals surface area contributed by atoms with E-state index in [1.165, 1.54) is 11.8 Å². The molecule has 1 heterocycles. The SMILES string of the molecule is O=C(CSc1nnc2c3ccccc3c3ccccc3c2n1)c1ccc(Br)cc1. The Balaban J connectivity index is 1.55. The van der Waals surface area contributed by atoms with Crippen LogP contribution < -0.4 is 0 Å². The van der Waals surface area contributed by atoms with Crippen molar-refractivity contribution in [3.05, 3.63) is 82.8 Å². The van der Waals surface area contributed by atoms with Gasteiger partial charge in [-0.15, -0.1) is 10.2 Å². The van der Waals surface area contributed by atoms with Crippen molar-refractivity contribution in [3.8, 4) is 0 Å². The van der Waals surface area contributed by atoms with Gasteiger partial charge in [0.1, 0.15) is 11.0 Å². The van der Waals surface area contributed by atoms with Crippen LogP contribution in [0.15, 0.2) is 82.4 Å². The summed E-state index contributed by atoms with van der Waals surface area (Å²) < 4.78 is 0.947. The van der Waals surface area contributed by atoms with Gasteiger partial charge < -0.3 is 0 Å². The van der Waals surface area contributed by atoms with Gasteiger partial charge in [-0.05, 0) is 22.9 Å². The van der Waals surface area contributed by atoms with Gasteiger partial charge in [0.05, 0.1) is 5.75 Å². The smallest absolute Gasteiger partial charge is 0.210 e. The number of Topliss-reactive ketones (excluding diaryl/α,β-unsaturated/α-hetero) is 1. The lowest BCUT2D eigenvalue weighted by Gasteiger charge is -2.09. The molecule has 1 aromatic heterocycles. The van der Waals surface area contributed by atoms with Gasteiger partial charge in [0.15, 0.2) is 5.78 Å². The average molecular weight is 460 g/mol. The summed E-state index contributed by atoms with van der Waals surface area (Å²) in [5, 5.41) is 13.6. The summed E-state index contributed by atoms with van der Waals surface area (Å²) in [6.45, 7) is 0. The summed E-state index contributed by atoms with van der Waals surface area (Å²) in [7, 11) is 0. The second-order valence-corrected chi connectivity index (χ2v) is 8.46. The number of fused-ring (bicyclic) bond motifs is 6. The van der Waals surface area contributed by atoms with Crippen molar-refractivity contribution in [3.63, 3.8) is 0 Å². The van der Waals surface area contributed by atoms with Crippen LogP contribution in [0.5, 0.6) is 0 Å².